The second kappa shape index (κ2) is 8.11. The Morgan fingerprint density at radius 1 is 0.864 bits per heavy atom. The average Bonchev–Trinajstić information content (AvgIpc) is 2.60. The van der Waals surface area contributed by atoms with E-state index in [1.807, 2.05) is 14.1 Å². The van der Waals surface area contributed by atoms with Crippen molar-refractivity contribution in [3.63, 3.8) is 0 Å². The molecule has 0 saturated heterocycles. The molecule has 0 aliphatic rings. The van der Waals surface area contributed by atoms with E-state index in [2.05, 4.69) is 78.2 Å². The lowest BCUT2D eigenvalue weighted by Gasteiger charge is -2.42. The van der Waals surface area contributed by atoms with Gasteiger partial charge in [-0.15, -0.1) is 0 Å². The normalized spacial score (nSPS) is 13.0. The van der Waals surface area contributed by atoms with E-state index in [4.69, 9.17) is 0 Å². The summed E-state index contributed by atoms with van der Waals surface area (Å²) in [4.78, 5) is 0. The molecule has 0 aliphatic heterocycles. The molecule has 2 aromatic rings. The maximum absolute atomic E-state index is 3.58. The highest BCUT2D eigenvalue weighted by Crippen LogP contribution is 2.38. The zero-order valence-corrected chi connectivity index (χ0v) is 14.0. The number of benzene rings is 2. The smallest absolute Gasteiger partial charge is 0.101 e. The standard InChI is InChI=1S/C20H28N2/c1-4-5-16-19(17-12-8-6-9-13-17)20(21-2,22-3)18-14-10-7-11-15-18/h6-15,19,21-22H,4-5,16H2,1-3H3. The topological polar surface area (TPSA) is 24.1 Å². The van der Waals surface area contributed by atoms with E-state index in [9.17, 15) is 0 Å². The van der Waals surface area contributed by atoms with Gasteiger partial charge in [0.25, 0.3) is 0 Å². The van der Waals surface area contributed by atoms with Crippen LogP contribution < -0.4 is 10.6 Å². The SMILES string of the molecule is CCCCC(c1ccccc1)C(NC)(NC)c1ccccc1. The van der Waals surface area contributed by atoms with E-state index in [1.54, 1.807) is 0 Å². The molecule has 2 aromatic carbocycles. The van der Waals surface area contributed by atoms with Crippen LogP contribution in [0.5, 0.6) is 0 Å². The summed E-state index contributed by atoms with van der Waals surface area (Å²) in [6, 6.07) is 21.5. The molecule has 0 amide bonds. The Hall–Kier alpha value is -1.64. The Morgan fingerprint density at radius 3 is 1.91 bits per heavy atom. The van der Waals surface area contributed by atoms with Crippen LogP contribution in [-0.4, -0.2) is 14.1 Å². The Kier molecular flexibility index (Phi) is 6.17. The van der Waals surface area contributed by atoms with Crippen molar-refractivity contribution in [3.05, 3.63) is 71.8 Å². The van der Waals surface area contributed by atoms with E-state index >= 15 is 0 Å². The van der Waals surface area contributed by atoms with Gasteiger partial charge in [-0.2, -0.15) is 0 Å². The second-order valence-corrected chi connectivity index (χ2v) is 5.78. The molecule has 0 fully saturated rings. The van der Waals surface area contributed by atoms with Crippen LogP contribution >= 0.6 is 0 Å². The van der Waals surface area contributed by atoms with Gasteiger partial charge in [0.2, 0.25) is 0 Å². The molecule has 0 aliphatic carbocycles. The zero-order valence-electron chi connectivity index (χ0n) is 14.0. The van der Waals surface area contributed by atoms with Crippen LogP contribution in [0.1, 0.15) is 43.2 Å². The van der Waals surface area contributed by atoms with Gasteiger partial charge >= 0.3 is 0 Å². The summed E-state index contributed by atoms with van der Waals surface area (Å²) in [5, 5.41) is 7.16. The summed E-state index contributed by atoms with van der Waals surface area (Å²) in [6.07, 6.45) is 3.58. The predicted molar refractivity (Wildman–Crippen MR) is 94.9 cm³/mol. The first-order chi connectivity index (χ1) is 10.8. The Morgan fingerprint density at radius 2 is 1.41 bits per heavy atom. The van der Waals surface area contributed by atoms with Crippen LogP contribution in [-0.2, 0) is 5.66 Å². The molecule has 2 heteroatoms. The summed E-state index contributed by atoms with van der Waals surface area (Å²) < 4.78 is 0. The first-order valence-corrected chi connectivity index (χ1v) is 8.26. The number of likely N-dealkylation sites (N-methyl/N-ethyl adjacent to an activating group) is 2. The molecular formula is C20H28N2. The highest BCUT2D eigenvalue weighted by Gasteiger charge is 2.38. The molecule has 0 aromatic heterocycles. The molecule has 1 unspecified atom stereocenters. The summed E-state index contributed by atoms with van der Waals surface area (Å²) in [7, 11) is 4.09. The van der Waals surface area contributed by atoms with Crippen LogP contribution in [0.3, 0.4) is 0 Å². The van der Waals surface area contributed by atoms with Gasteiger partial charge in [-0.05, 0) is 31.6 Å². The predicted octanol–water partition coefficient (Wildman–Crippen LogP) is 4.25. The highest BCUT2D eigenvalue weighted by molar-refractivity contribution is 5.32. The van der Waals surface area contributed by atoms with Crippen molar-refractivity contribution >= 4 is 0 Å². The molecule has 0 bridgehead atoms. The molecule has 0 spiro atoms. The van der Waals surface area contributed by atoms with Crippen molar-refractivity contribution in [1.29, 1.82) is 0 Å². The minimum atomic E-state index is -0.252. The maximum Gasteiger partial charge on any atom is 0.101 e. The largest absolute Gasteiger partial charge is 0.298 e. The van der Waals surface area contributed by atoms with Gasteiger partial charge in [-0.1, -0.05) is 80.4 Å². The number of hydrogen-bond donors (Lipinski definition) is 2. The van der Waals surface area contributed by atoms with Crippen molar-refractivity contribution in [2.75, 3.05) is 14.1 Å². The van der Waals surface area contributed by atoms with Crippen molar-refractivity contribution in [2.45, 2.75) is 37.8 Å². The number of nitrogens with one attached hydrogen (secondary N) is 2. The third-order valence-corrected chi connectivity index (χ3v) is 4.59. The minimum absolute atomic E-state index is 0.252. The molecule has 1 atom stereocenters. The first-order valence-electron chi connectivity index (χ1n) is 8.26. The highest BCUT2D eigenvalue weighted by atomic mass is 15.2. The van der Waals surface area contributed by atoms with E-state index in [1.165, 1.54) is 24.0 Å². The van der Waals surface area contributed by atoms with Gasteiger partial charge in [0.05, 0.1) is 0 Å². The number of hydrogen-bond acceptors (Lipinski definition) is 2. The third kappa shape index (κ3) is 3.40. The lowest BCUT2D eigenvalue weighted by atomic mass is 9.78. The molecule has 0 radical (unpaired) electrons. The quantitative estimate of drug-likeness (QED) is 0.712. The lowest BCUT2D eigenvalue weighted by Crippen LogP contribution is -2.55. The van der Waals surface area contributed by atoms with E-state index in [0.717, 1.165) is 6.42 Å². The second-order valence-electron chi connectivity index (χ2n) is 5.78. The summed E-state index contributed by atoms with van der Waals surface area (Å²) in [5.74, 6) is 0.381. The number of rotatable bonds is 8. The molecule has 2 rings (SSSR count). The fraction of sp³-hybridized carbons (Fsp3) is 0.400. The Balaban J connectivity index is 2.49. The summed E-state index contributed by atoms with van der Waals surface area (Å²) in [5.41, 5.74) is 2.41. The molecule has 118 valence electrons. The minimum Gasteiger partial charge on any atom is -0.298 e. The summed E-state index contributed by atoms with van der Waals surface area (Å²) >= 11 is 0. The van der Waals surface area contributed by atoms with Crippen LogP contribution in [0.4, 0.5) is 0 Å². The molecule has 2 N–H and O–H groups in total. The monoisotopic (exact) mass is 296 g/mol. The first kappa shape index (κ1) is 16.7. The van der Waals surface area contributed by atoms with Crippen LogP contribution in [0.15, 0.2) is 60.7 Å². The van der Waals surface area contributed by atoms with E-state index in [0.29, 0.717) is 5.92 Å². The Bertz CT molecular complexity index is 532. The van der Waals surface area contributed by atoms with Crippen LogP contribution in [0.2, 0.25) is 0 Å². The molecular weight excluding hydrogens is 268 g/mol. The van der Waals surface area contributed by atoms with Gasteiger partial charge in [0.1, 0.15) is 5.66 Å². The fourth-order valence-corrected chi connectivity index (χ4v) is 3.39. The van der Waals surface area contributed by atoms with Crippen LogP contribution in [0, 0.1) is 0 Å². The van der Waals surface area contributed by atoms with Gasteiger partial charge in [0.15, 0.2) is 0 Å². The van der Waals surface area contributed by atoms with E-state index < -0.39 is 0 Å². The molecule has 0 saturated carbocycles. The van der Waals surface area contributed by atoms with Crippen LogP contribution in [0.25, 0.3) is 0 Å². The van der Waals surface area contributed by atoms with Crippen molar-refractivity contribution < 1.29 is 0 Å². The molecule has 0 heterocycles. The zero-order chi connectivity index (χ0) is 15.8. The molecule has 22 heavy (non-hydrogen) atoms. The van der Waals surface area contributed by atoms with Crippen molar-refractivity contribution in [3.8, 4) is 0 Å². The average molecular weight is 296 g/mol. The lowest BCUT2D eigenvalue weighted by molar-refractivity contribution is 0.227. The van der Waals surface area contributed by atoms with Gasteiger partial charge in [-0.25, -0.2) is 0 Å². The molecule has 2 nitrogen and oxygen atoms in total. The summed E-state index contributed by atoms with van der Waals surface area (Å²) in [6.45, 7) is 2.25. The van der Waals surface area contributed by atoms with Crippen molar-refractivity contribution in [2.24, 2.45) is 0 Å². The van der Waals surface area contributed by atoms with Gasteiger partial charge in [-0.3, -0.25) is 10.6 Å². The van der Waals surface area contributed by atoms with Crippen molar-refractivity contribution in [1.82, 2.24) is 10.6 Å². The number of unbranched alkanes of at least 4 members (excludes halogenated alkanes) is 1. The van der Waals surface area contributed by atoms with Gasteiger partial charge in [0, 0.05) is 5.92 Å². The fourth-order valence-electron chi connectivity index (χ4n) is 3.39. The third-order valence-electron chi connectivity index (χ3n) is 4.59. The maximum atomic E-state index is 3.58. The van der Waals surface area contributed by atoms with Gasteiger partial charge < -0.3 is 0 Å². The van der Waals surface area contributed by atoms with E-state index in [-0.39, 0.29) is 5.66 Å². The Labute approximate surface area is 135 Å².